The highest BCUT2D eigenvalue weighted by Gasteiger charge is 2.34. The van der Waals surface area contributed by atoms with E-state index in [1.165, 1.54) is 13.8 Å². The molecule has 32 heavy (non-hydrogen) atoms. The Hall–Kier alpha value is -3.13. The number of rotatable bonds is 9. The fourth-order valence-corrected chi connectivity index (χ4v) is 3.62. The highest BCUT2D eigenvalue weighted by Crippen LogP contribution is 2.31. The van der Waals surface area contributed by atoms with Gasteiger partial charge >= 0.3 is 11.9 Å². The number of esters is 2. The zero-order valence-corrected chi connectivity index (χ0v) is 19.3. The lowest BCUT2D eigenvalue weighted by Gasteiger charge is -2.26. The maximum Gasteiger partial charge on any atom is 0.332 e. The van der Waals surface area contributed by atoms with Crippen molar-refractivity contribution in [1.29, 1.82) is 0 Å². The maximum absolute atomic E-state index is 12.9. The van der Waals surface area contributed by atoms with Crippen molar-refractivity contribution in [3.63, 3.8) is 0 Å². The van der Waals surface area contributed by atoms with Gasteiger partial charge in [0.1, 0.15) is 11.4 Å². The van der Waals surface area contributed by atoms with Gasteiger partial charge in [-0.1, -0.05) is 60.3 Å². The van der Waals surface area contributed by atoms with Crippen molar-refractivity contribution in [3.05, 3.63) is 71.8 Å². The number of benzene rings is 2. The molecule has 8 heteroatoms. The third-order valence-corrected chi connectivity index (χ3v) is 5.33. The highest BCUT2D eigenvalue weighted by atomic mass is 32.2. The molecular formula is C24H27NO6S. The lowest BCUT2D eigenvalue weighted by atomic mass is 10.1. The standard InChI is InChI=1S/C24H27NO6S/c1-15(2)30-23(28)20(25-22(27)19-13-9-6-10-14-19)16(3)31-24(29)21(32-17(4)26)18-11-7-5-8-12-18/h5-16,20-21H,1-4H3,(H,25,27)/t16-,20+,21-/m1/s1. The smallest absolute Gasteiger partial charge is 0.332 e. The van der Waals surface area contributed by atoms with Crippen LogP contribution in [0.25, 0.3) is 0 Å². The third-order valence-electron chi connectivity index (χ3n) is 4.30. The van der Waals surface area contributed by atoms with Gasteiger partial charge in [-0.05, 0) is 38.5 Å². The Morgan fingerprint density at radius 3 is 1.91 bits per heavy atom. The summed E-state index contributed by atoms with van der Waals surface area (Å²) in [7, 11) is 0. The molecule has 0 fully saturated rings. The molecule has 1 N–H and O–H groups in total. The van der Waals surface area contributed by atoms with E-state index in [4.69, 9.17) is 9.47 Å². The summed E-state index contributed by atoms with van der Waals surface area (Å²) in [5.41, 5.74) is 0.946. The normalized spacial score (nSPS) is 13.5. The zero-order valence-electron chi connectivity index (χ0n) is 18.4. The predicted molar refractivity (Wildman–Crippen MR) is 122 cm³/mol. The van der Waals surface area contributed by atoms with Crippen molar-refractivity contribution in [2.45, 2.75) is 51.2 Å². The van der Waals surface area contributed by atoms with Crippen molar-refractivity contribution in [2.24, 2.45) is 0 Å². The van der Waals surface area contributed by atoms with Gasteiger partial charge in [0, 0.05) is 12.5 Å². The number of ether oxygens (including phenoxy) is 2. The average molecular weight is 458 g/mol. The summed E-state index contributed by atoms with van der Waals surface area (Å²) in [6, 6.07) is 15.9. The van der Waals surface area contributed by atoms with Gasteiger partial charge in [-0.15, -0.1) is 0 Å². The van der Waals surface area contributed by atoms with Crippen LogP contribution in [0.15, 0.2) is 60.7 Å². The Morgan fingerprint density at radius 2 is 1.38 bits per heavy atom. The van der Waals surface area contributed by atoms with E-state index in [0.717, 1.165) is 11.8 Å². The van der Waals surface area contributed by atoms with Gasteiger partial charge in [0.2, 0.25) is 0 Å². The molecule has 3 atom stereocenters. The molecule has 0 radical (unpaired) electrons. The van der Waals surface area contributed by atoms with E-state index in [0.29, 0.717) is 11.1 Å². The number of thioether (sulfide) groups is 1. The molecule has 0 saturated carbocycles. The molecule has 0 aromatic heterocycles. The lowest BCUT2D eigenvalue weighted by Crippen LogP contribution is -2.50. The molecule has 7 nitrogen and oxygen atoms in total. The molecule has 0 aliphatic carbocycles. The zero-order chi connectivity index (χ0) is 23.7. The number of amides is 1. The summed E-state index contributed by atoms with van der Waals surface area (Å²) in [5.74, 6) is -1.92. The van der Waals surface area contributed by atoms with Gasteiger partial charge < -0.3 is 14.8 Å². The van der Waals surface area contributed by atoms with Crippen LogP contribution >= 0.6 is 11.8 Å². The van der Waals surface area contributed by atoms with Gasteiger partial charge in [0.15, 0.2) is 11.2 Å². The summed E-state index contributed by atoms with van der Waals surface area (Å²) < 4.78 is 10.8. The molecule has 0 heterocycles. The minimum Gasteiger partial charge on any atom is -0.461 e. The highest BCUT2D eigenvalue weighted by molar-refractivity contribution is 8.14. The van der Waals surface area contributed by atoms with Crippen molar-refractivity contribution in [1.82, 2.24) is 5.32 Å². The summed E-state index contributed by atoms with van der Waals surface area (Å²) in [4.78, 5) is 49.9. The summed E-state index contributed by atoms with van der Waals surface area (Å²) in [5, 5.41) is 1.45. The summed E-state index contributed by atoms with van der Waals surface area (Å²) in [6.45, 7) is 6.22. The maximum atomic E-state index is 12.9. The fraction of sp³-hybridized carbons (Fsp3) is 0.333. The van der Waals surface area contributed by atoms with E-state index in [1.54, 1.807) is 74.5 Å². The quantitative estimate of drug-likeness (QED) is 0.574. The number of nitrogens with one attached hydrogen (secondary N) is 1. The molecule has 170 valence electrons. The van der Waals surface area contributed by atoms with E-state index in [-0.39, 0.29) is 5.12 Å². The van der Waals surface area contributed by atoms with E-state index >= 15 is 0 Å². The predicted octanol–water partition coefficient (Wildman–Crippen LogP) is 3.69. The second-order valence-electron chi connectivity index (χ2n) is 7.34. The summed E-state index contributed by atoms with van der Waals surface area (Å²) in [6.07, 6.45) is -1.47. The first kappa shape index (κ1) is 25.1. The van der Waals surface area contributed by atoms with Crippen molar-refractivity contribution >= 4 is 34.7 Å². The molecule has 0 unspecified atom stereocenters. The van der Waals surface area contributed by atoms with Crippen LogP contribution in [0.4, 0.5) is 0 Å². The van der Waals surface area contributed by atoms with E-state index in [9.17, 15) is 19.2 Å². The van der Waals surface area contributed by atoms with Crippen molar-refractivity contribution in [2.75, 3.05) is 0 Å². The molecule has 1 amide bonds. The SMILES string of the molecule is CC(=O)S[C@@H](C(=O)O[C@H](C)[C@H](NC(=O)c1ccccc1)C(=O)OC(C)C)c1ccccc1. The Balaban J connectivity index is 2.22. The second kappa shape index (κ2) is 12.0. The van der Waals surface area contributed by atoms with E-state index < -0.39 is 41.3 Å². The number of hydrogen-bond acceptors (Lipinski definition) is 7. The van der Waals surface area contributed by atoms with Crippen LogP contribution in [0.1, 0.15) is 48.9 Å². The molecule has 2 aromatic carbocycles. The van der Waals surface area contributed by atoms with Crippen LogP contribution in [-0.2, 0) is 23.9 Å². The second-order valence-corrected chi connectivity index (χ2v) is 8.63. The molecule has 2 rings (SSSR count). The summed E-state index contributed by atoms with van der Waals surface area (Å²) >= 11 is 0.827. The van der Waals surface area contributed by atoms with Crippen molar-refractivity contribution < 1.29 is 28.7 Å². The van der Waals surface area contributed by atoms with E-state index in [1.807, 2.05) is 0 Å². The van der Waals surface area contributed by atoms with Gasteiger partial charge in [0.25, 0.3) is 5.91 Å². The topological polar surface area (TPSA) is 98.8 Å². The fourth-order valence-electron chi connectivity index (χ4n) is 2.85. The number of carbonyl (C=O) groups is 4. The Morgan fingerprint density at radius 1 is 0.812 bits per heavy atom. The lowest BCUT2D eigenvalue weighted by molar-refractivity contribution is -0.159. The third kappa shape index (κ3) is 7.53. The van der Waals surface area contributed by atoms with Gasteiger partial charge in [-0.2, -0.15) is 0 Å². The average Bonchev–Trinajstić information content (AvgIpc) is 2.76. The molecule has 0 aliphatic heterocycles. The molecule has 0 aliphatic rings. The number of carbonyl (C=O) groups excluding carboxylic acids is 4. The van der Waals surface area contributed by atoms with Crippen LogP contribution in [0.2, 0.25) is 0 Å². The van der Waals surface area contributed by atoms with Gasteiger partial charge in [-0.3, -0.25) is 14.4 Å². The minimum absolute atomic E-state index is 0.253. The van der Waals surface area contributed by atoms with E-state index in [2.05, 4.69) is 5.32 Å². The molecule has 0 spiro atoms. The Bertz CT molecular complexity index is 932. The Labute approximate surface area is 191 Å². The monoisotopic (exact) mass is 457 g/mol. The Kier molecular flexibility index (Phi) is 9.46. The van der Waals surface area contributed by atoms with Crippen molar-refractivity contribution in [3.8, 4) is 0 Å². The largest absolute Gasteiger partial charge is 0.461 e. The van der Waals surface area contributed by atoms with Crippen LogP contribution in [0, 0.1) is 0 Å². The molecule has 0 saturated heterocycles. The minimum atomic E-state index is -1.23. The van der Waals surface area contributed by atoms with Crippen LogP contribution in [-0.4, -0.2) is 41.2 Å². The first-order valence-corrected chi connectivity index (χ1v) is 11.1. The van der Waals surface area contributed by atoms with Crippen LogP contribution in [0.5, 0.6) is 0 Å². The van der Waals surface area contributed by atoms with Gasteiger partial charge in [0.05, 0.1) is 6.10 Å². The molecule has 0 bridgehead atoms. The molecular weight excluding hydrogens is 430 g/mol. The first-order chi connectivity index (χ1) is 15.2. The number of hydrogen-bond donors (Lipinski definition) is 1. The molecule has 2 aromatic rings. The van der Waals surface area contributed by atoms with Gasteiger partial charge in [-0.25, -0.2) is 4.79 Å². The van der Waals surface area contributed by atoms with Crippen LogP contribution < -0.4 is 5.32 Å². The first-order valence-electron chi connectivity index (χ1n) is 10.2. The van der Waals surface area contributed by atoms with Crippen LogP contribution in [0.3, 0.4) is 0 Å².